The summed E-state index contributed by atoms with van der Waals surface area (Å²) in [6.07, 6.45) is 11.0. The van der Waals surface area contributed by atoms with Crippen molar-refractivity contribution in [2.24, 2.45) is 5.92 Å². The lowest BCUT2D eigenvalue weighted by molar-refractivity contribution is 0.292. The van der Waals surface area contributed by atoms with E-state index in [-0.39, 0.29) is 0 Å². The molecule has 1 aliphatic heterocycles. The summed E-state index contributed by atoms with van der Waals surface area (Å²) in [5.74, 6) is 1.38. The first-order valence-corrected chi connectivity index (χ1v) is 11.9. The van der Waals surface area contributed by atoms with Crippen LogP contribution in [0.2, 0.25) is 5.02 Å². The van der Waals surface area contributed by atoms with Gasteiger partial charge >= 0.3 is 0 Å². The summed E-state index contributed by atoms with van der Waals surface area (Å²) in [6, 6.07) is 9.30. The van der Waals surface area contributed by atoms with Crippen LogP contribution in [0.5, 0.6) is 0 Å². The molecule has 1 saturated carbocycles. The monoisotopic (exact) mass is 438 g/mol. The second-order valence-electron chi connectivity index (χ2n) is 8.94. The topological polar surface area (TPSA) is 77.7 Å². The van der Waals surface area contributed by atoms with Gasteiger partial charge in [-0.2, -0.15) is 0 Å². The third kappa shape index (κ3) is 4.86. The van der Waals surface area contributed by atoms with Gasteiger partial charge in [0.05, 0.1) is 16.9 Å². The SMILES string of the molecule is Clc1cnc(NC2CCCC(CNC3CCNCC3)C2)nc1-c1c[nH]c2ccccc12. The summed E-state index contributed by atoms with van der Waals surface area (Å²) in [5.41, 5.74) is 2.87. The van der Waals surface area contributed by atoms with Gasteiger partial charge < -0.3 is 20.9 Å². The van der Waals surface area contributed by atoms with E-state index >= 15 is 0 Å². The number of fused-ring (bicyclic) bond motifs is 1. The number of hydrogen-bond donors (Lipinski definition) is 4. The van der Waals surface area contributed by atoms with Gasteiger partial charge in [0.2, 0.25) is 5.95 Å². The van der Waals surface area contributed by atoms with Crippen LogP contribution < -0.4 is 16.0 Å². The number of anilines is 1. The van der Waals surface area contributed by atoms with Crippen molar-refractivity contribution in [2.75, 3.05) is 25.0 Å². The highest BCUT2D eigenvalue weighted by Gasteiger charge is 2.24. The van der Waals surface area contributed by atoms with E-state index < -0.39 is 0 Å². The number of halogens is 1. The molecule has 2 atom stereocenters. The summed E-state index contributed by atoms with van der Waals surface area (Å²) in [4.78, 5) is 12.6. The number of aromatic nitrogens is 3. The van der Waals surface area contributed by atoms with Gasteiger partial charge in [0.15, 0.2) is 0 Å². The van der Waals surface area contributed by atoms with Crippen LogP contribution >= 0.6 is 11.6 Å². The lowest BCUT2D eigenvalue weighted by atomic mass is 9.85. The number of para-hydroxylation sites is 1. The van der Waals surface area contributed by atoms with E-state index in [2.05, 4.69) is 38.1 Å². The fraction of sp³-hybridized carbons (Fsp3) is 0.500. The second kappa shape index (κ2) is 9.55. The minimum Gasteiger partial charge on any atom is -0.360 e. The van der Waals surface area contributed by atoms with Gasteiger partial charge in [-0.15, -0.1) is 0 Å². The molecule has 3 heterocycles. The molecule has 0 bridgehead atoms. The van der Waals surface area contributed by atoms with Gasteiger partial charge in [0.25, 0.3) is 0 Å². The van der Waals surface area contributed by atoms with Gasteiger partial charge in [-0.05, 0) is 63.7 Å². The number of nitrogens with zero attached hydrogens (tertiary/aromatic N) is 2. The molecule has 7 heteroatoms. The first kappa shape index (κ1) is 20.7. The zero-order valence-corrected chi connectivity index (χ0v) is 18.6. The molecule has 3 aromatic rings. The van der Waals surface area contributed by atoms with E-state index in [1.807, 2.05) is 18.3 Å². The van der Waals surface area contributed by atoms with Gasteiger partial charge in [-0.3, -0.25) is 0 Å². The average molecular weight is 439 g/mol. The predicted molar refractivity (Wildman–Crippen MR) is 128 cm³/mol. The van der Waals surface area contributed by atoms with Crippen molar-refractivity contribution in [2.45, 2.75) is 50.6 Å². The Morgan fingerprint density at radius 1 is 1.06 bits per heavy atom. The predicted octanol–water partition coefficient (Wildman–Crippen LogP) is 4.59. The van der Waals surface area contributed by atoms with Crippen LogP contribution in [-0.4, -0.2) is 46.7 Å². The molecule has 1 saturated heterocycles. The first-order valence-electron chi connectivity index (χ1n) is 11.6. The minimum atomic E-state index is 0.408. The highest BCUT2D eigenvalue weighted by Crippen LogP contribution is 2.33. The van der Waals surface area contributed by atoms with Gasteiger partial charge in [0.1, 0.15) is 0 Å². The fourth-order valence-electron chi connectivity index (χ4n) is 5.04. The molecular weight excluding hydrogens is 408 g/mol. The van der Waals surface area contributed by atoms with E-state index in [1.54, 1.807) is 6.20 Å². The quantitative estimate of drug-likeness (QED) is 0.452. The number of H-pyrrole nitrogens is 1. The van der Waals surface area contributed by atoms with Gasteiger partial charge in [-0.25, -0.2) is 9.97 Å². The number of nitrogens with one attached hydrogen (secondary N) is 4. The van der Waals surface area contributed by atoms with E-state index in [0.29, 0.717) is 29.0 Å². The Kier molecular flexibility index (Phi) is 6.39. The highest BCUT2D eigenvalue weighted by atomic mass is 35.5. The van der Waals surface area contributed by atoms with E-state index in [4.69, 9.17) is 16.6 Å². The van der Waals surface area contributed by atoms with Crippen LogP contribution in [0.15, 0.2) is 36.7 Å². The maximum Gasteiger partial charge on any atom is 0.223 e. The molecule has 5 rings (SSSR count). The zero-order chi connectivity index (χ0) is 21.0. The van der Waals surface area contributed by atoms with Crippen molar-refractivity contribution in [3.63, 3.8) is 0 Å². The third-order valence-electron chi connectivity index (χ3n) is 6.74. The maximum absolute atomic E-state index is 6.49. The molecule has 4 N–H and O–H groups in total. The second-order valence-corrected chi connectivity index (χ2v) is 9.35. The van der Waals surface area contributed by atoms with Crippen molar-refractivity contribution in [1.82, 2.24) is 25.6 Å². The standard InChI is InChI=1S/C24H31ClN6/c25-21-15-29-24(31-23(21)20-14-28-22-7-2-1-6-19(20)22)30-18-5-3-4-16(12-18)13-27-17-8-10-26-11-9-17/h1-2,6-7,14-18,26-28H,3-5,8-13H2,(H,29,30,31). The molecule has 6 nitrogen and oxygen atoms in total. The van der Waals surface area contributed by atoms with Crippen molar-refractivity contribution in [1.29, 1.82) is 0 Å². The van der Waals surface area contributed by atoms with Gasteiger partial charge in [0, 0.05) is 34.7 Å². The molecule has 0 spiro atoms. The van der Waals surface area contributed by atoms with E-state index in [0.717, 1.165) is 54.6 Å². The summed E-state index contributed by atoms with van der Waals surface area (Å²) in [6.45, 7) is 3.39. The Labute approximate surface area is 188 Å². The normalized spacial score (nSPS) is 22.6. The lowest BCUT2D eigenvalue weighted by Crippen LogP contribution is -2.43. The number of hydrogen-bond acceptors (Lipinski definition) is 5. The zero-order valence-electron chi connectivity index (χ0n) is 17.8. The molecule has 2 fully saturated rings. The summed E-state index contributed by atoms with van der Waals surface area (Å²) >= 11 is 6.49. The van der Waals surface area contributed by atoms with Crippen LogP contribution in [0.4, 0.5) is 5.95 Å². The Balaban J connectivity index is 1.25. The van der Waals surface area contributed by atoms with Crippen molar-refractivity contribution >= 4 is 28.5 Å². The first-order chi connectivity index (χ1) is 15.3. The number of benzene rings is 1. The lowest BCUT2D eigenvalue weighted by Gasteiger charge is -2.32. The maximum atomic E-state index is 6.49. The smallest absolute Gasteiger partial charge is 0.223 e. The van der Waals surface area contributed by atoms with Crippen LogP contribution in [-0.2, 0) is 0 Å². The number of aromatic amines is 1. The molecule has 2 aliphatic rings. The van der Waals surface area contributed by atoms with E-state index in [9.17, 15) is 0 Å². The van der Waals surface area contributed by atoms with Crippen LogP contribution in [0.3, 0.4) is 0 Å². The number of piperidine rings is 1. The molecule has 31 heavy (non-hydrogen) atoms. The molecule has 1 aromatic carbocycles. The Bertz CT molecular complexity index is 1010. The molecule has 1 aliphatic carbocycles. The molecule has 2 unspecified atom stereocenters. The summed E-state index contributed by atoms with van der Waals surface area (Å²) in [7, 11) is 0. The molecule has 0 amide bonds. The van der Waals surface area contributed by atoms with Crippen molar-refractivity contribution < 1.29 is 0 Å². The molecule has 2 aromatic heterocycles. The molecule has 0 radical (unpaired) electrons. The van der Waals surface area contributed by atoms with Crippen LogP contribution in [0.25, 0.3) is 22.2 Å². The Hall–Kier alpha value is -2.15. The summed E-state index contributed by atoms with van der Waals surface area (Å²) < 4.78 is 0. The van der Waals surface area contributed by atoms with E-state index in [1.165, 1.54) is 25.7 Å². The van der Waals surface area contributed by atoms with Crippen molar-refractivity contribution in [3.8, 4) is 11.3 Å². The minimum absolute atomic E-state index is 0.408. The summed E-state index contributed by atoms with van der Waals surface area (Å²) in [5, 5.41) is 12.5. The molecule has 164 valence electrons. The van der Waals surface area contributed by atoms with Crippen molar-refractivity contribution in [3.05, 3.63) is 41.7 Å². The molecular formula is C24H31ClN6. The fourth-order valence-corrected chi connectivity index (χ4v) is 5.24. The third-order valence-corrected chi connectivity index (χ3v) is 7.02. The van der Waals surface area contributed by atoms with Gasteiger partial charge in [-0.1, -0.05) is 36.2 Å². The Morgan fingerprint density at radius 2 is 1.94 bits per heavy atom. The highest BCUT2D eigenvalue weighted by molar-refractivity contribution is 6.33. The van der Waals surface area contributed by atoms with Crippen LogP contribution in [0, 0.1) is 5.92 Å². The number of rotatable bonds is 6. The average Bonchev–Trinajstić information content (AvgIpc) is 3.24. The Morgan fingerprint density at radius 3 is 2.84 bits per heavy atom. The van der Waals surface area contributed by atoms with Crippen LogP contribution in [0.1, 0.15) is 38.5 Å². The largest absolute Gasteiger partial charge is 0.360 e.